The fourth-order valence-corrected chi connectivity index (χ4v) is 0.937. The van der Waals surface area contributed by atoms with Gasteiger partial charge < -0.3 is 0 Å². The molecule has 1 rings (SSSR count). The summed E-state index contributed by atoms with van der Waals surface area (Å²) in [6, 6.07) is 0. The minimum atomic E-state index is 0. The summed E-state index contributed by atoms with van der Waals surface area (Å²) in [5, 5.41) is 0. The summed E-state index contributed by atoms with van der Waals surface area (Å²) >= 11 is 0. The van der Waals surface area contributed by atoms with Crippen molar-refractivity contribution in [3.05, 3.63) is 12.2 Å². The Balaban J connectivity index is 0.000000490. The zero-order valence-corrected chi connectivity index (χ0v) is 6.47. The van der Waals surface area contributed by atoms with Crippen molar-refractivity contribution in [3.63, 3.8) is 0 Å². The van der Waals surface area contributed by atoms with E-state index < -0.39 is 0 Å². The Labute approximate surface area is 66.9 Å². The average molecular weight is 204 g/mol. The molecular formula is C7H12Ag. The maximum absolute atomic E-state index is 2.30. The molecule has 8 heavy (non-hydrogen) atoms. The first-order chi connectivity index (χ1) is 3.50. The van der Waals surface area contributed by atoms with Gasteiger partial charge in [0.1, 0.15) is 0 Å². The molecule has 51 valence electrons. The van der Waals surface area contributed by atoms with Gasteiger partial charge in [-0.1, -0.05) is 18.6 Å². The largest absolute Gasteiger partial charge is 0.0885 e. The van der Waals surface area contributed by atoms with E-state index in [0.717, 1.165) is 0 Å². The molecular weight excluding hydrogens is 192 g/mol. The Bertz CT molecular complexity index is 58.8. The smallest absolute Gasteiger partial charge is 0 e. The molecule has 0 saturated carbocycles. The molecule has 1 heteroatoms. The molecule has 1 aliphatic carbocycles. The van der Waals surface area contributed by atoms with Crippen molar-refractivity contribution in [1.82, 2.24) is 0 Å². The van der Waals surface area contributed by atoms with Crippen LogP contribution in [0.15, 0.2) is 12.2 Å². The molecule has 0 aromatic carbocycles. The number of hydrogen-bond donors (Lipinski definition) is 0. The van der Waals surface area contributed by atoms with E-state index in [1.54, 1.807) is 0 Å². The van der Waals surface area contributed by atoms with Crippen LogP contribution < -0.4 is 0 Å². The van der Waals surface area contributed by atoms with Crippen LogP contribution >= 0.6 is 0 Å². The molecule has 0 aromatic heterocycles. The van der Waals surface area contributed by atoms with Gasteiger partial charge in [0.25, 0.3) is 0 Å². The first-order valence-corrected chi connectivity index (χ1v) is 3.15. The van der Waals surface area contributed by atoms with Crippen LogP contribution in [0, 0.1) is 0 Å². The van der Waals surface area contributed by atoms with Gasteiger partial charge >= 0.3 is 0 Å². The van der Waals surface area contributed by atoms with Crippen molar-refractivity contribution >= 4 is 0 Å². The third-order valence-electron chi connectivity index (χ3n) is 1.41. The second-order valence-corrected chi connectivity index (χ2v) is 2.11. The van der Waals surface area contributed by atoms with Crippen molar-refractivity contribution in [1.29, 1.82) is 0 Å². The first kappa shape index (κ1) is 8.48. The van der Waals surface area contributed by atoms with Gasteiger partial charge in [0.05, 0.1) is 0 Å². The molecule has 0 aromatic rings. The summed E-state index contributed by atoms with van der Waals surface area (Å²) in [5.74, 6) is 0. The Hall–Kier alpha value is 0.480. The third-order valence-corrected chi connectivity index (χ3v) is 1.41. The second kappa shape index (κ2) is 5.61. The number of hydrogen-bond acceptors (Lipinski definition) is 0. The molecule has 0 bridgehead atoms. The van der Waals surface area contributed by atoms with Gasteiger partial charge in [0.2, 0.25) is 0 Å². The van der Waals surface area contributed by atoms with Crippen LogP contribution in [-0.4, -0.2) is 0 Å². The van der Waals surface area contributed by atoms with Crippen LogP contribution in [-0.2, 0) is 22.4 Å². The van der Waals surface area contributed by atoms with E-state index in [4.69, 9.17) is 0 Å². The van der Waals surface area contributed by atoms with Crippen LogP contribution in [0.25, 0.3) is 0 Å². The Morgan fingerprint density at radius 2 is 1.25 bits per heavy atom. The van der Waals surface area contributed by atoms with E-state index in [1.165, 1.54) is 32.1 Å². The van der Waals surface area contributed by atoms with E-state index in [2.05, 4.69) is 12.2 Å². The Kier molecular flexibility index (Phi) is 5.95. The molecule has 0 spiro atoms. The van der Waals surface area contributed by atoms with Crippen molar-refractivity contribution in [2.45, 2.75) is 32.1 Å². The van der Waals surface area contributed by atoms with E-state index in [1.807, 2.05) is 0 Å². The van der Waals surface area contributed by atoms with Gasteiger partial charge in [-0.25, -0.2) is 0 Å². The van der Waals surface area contributed by atoms with Gasteiger partial charge in [0.15, 0.2) is 0 Å². The number of rotatable bonds is 0. The molecule has 1 radical (unpaired) electrons. The maximum atomic E-state index is 2.30. The topological polar surface area (TPSA) is 0 Å². The summed E-state index contributed by atoms with van der Waals surface area (Å²) in [4.78, 5) is 0. The summed E-state index contributed by atoms with van der Waals surface area (Å²) in [6.45, 7) is 0. The quantitative estimate of drug-likeness (QED) is 0.420. The SMILES string of the molecule is C1=CCCCCC1.[Ag]. The summed E-state index contributed by atoms with van der Waals surface area (Å²) in [5.41, 5.74) is 0. The minimum Gasteiger partial charge on any atom is -0.0885 e. The van der Waals surface area contributed by atoms with Crippen LogP contribution in [0.1, 0.15) is 32.1 Å². The standard InChI is InChI=1S/C7H12.Ag/c1-2-4-6-7-5-3-1;/h1-2H,3-7H2;. The van der Waals surface area contributed by atoms with Crippen molar-refractivity contribution in [3.8, 4) is 0 Å². The van der Waals surface area contributed by atoms with Gasteiger partial charge in [-0.15, -0.1) is 0 Å². The molecule has 0 atom stereocenters. The molecule has 0 unspecified atom stereocenters. The summed E-state index contributed by atoms with van der Waals surface area (Å²) < 4.78 is 0. The molecule has 0 N–H and O–H groups in total. The molecule has 0 fully saturated rings. The third kappa shape index (κ3) is 3.48. The van der Waals surface area contributed by atoms with Gasteiger partial charge in [-0.05, 0) is 25.7 Å². The first-order valence-electron chi connectivity index (χ1n) is 3.15. The molecule has 1 aliphatic rings. The second-order valence-electron chi connectivity index (χ2n) is 2.11. The fraction of sp³-hybridized carbons (Fsp3) is 0.714. The van der Waals surface area contributed by atoms with E-state index in [-0.39, 0.29) is 22.4 Å². The monoisotopic (exact) mass is 203 g/mol. The Morgan fingerprint density at radius 3 is 1.75 bits per heavy atom. The fourth-order valence-electron chi connectivity index (χ4n) is 0.937. The molecule has 0 aliphatic heterocycles. The summed E-state index contributed by atoms with van der Waals surface area (Å²) in [7, 11) is 0. The van der Waals surface area contributed by atoms with E-state index in [0.29, 0.717) is 0 Å². The van der Waals surface area contributed by atoms with E-state index >= 15 is 0 Å². The Morgan fingerprint density at radius 1 is 0.750 bits per heavy atom. The van der Waals surface area contributed by atoms with Crippen LogP contribution in [0.5, 0.6) is 0 Å². The van der Waals surface area contributed by atoms with Crippen molar-refractivity contribution < 1.29 is 22.4 Å². The van der Waals surface area contributed by atoms with Crippen LogP contribution in [0.2, 0.25) is 0 Å². The minimum absolute atomic E-state index is 0. The van der Waals surface area contributed by atoms with Crippen molar-refractivity contribution in [2.75, 3.05) is 0 Å². The molecule has 0 heterocycles. The van der Waals surface area contributed by atoms with Crippen molar-refractivity contribution in [2.24, 2.45) is 0 Å². The molecule has 0 nitrogen and oxygen atoms in total. The zero-order valence-electron chi connectivity index (χ0n) is 4.99. The predicted molar refractivity (Wildman–Crippen MR) is 32.2 cm³/mol. The molecule has 0 saturated heterocycles. The number of allylic oxidation sites excluding steroid dienone is 2. The molecule has 0 amide bonds. The maximum Gasteiger partial charge on any atom is 0 e. The van der Waals surface area contributed by atoms with Crippen LogP contribution in [0.3, 0.4) is 0 Å². The summed E-state index contributed by atoms with van der Waals surface area (Å²) in [6.07, 6.45) is 11.5. The predicted octanol–water partition coefficient (Wildman–Crippen LogP) is 2.50. The average Bonchev–Trinajstić information content (AvgIpc) is 1.90. The van der Waals surface area contributed by atoms with Crippen LogP contribution in [0.4, 0.5) is 0 Å². The van der Waals surface area contributed by atoms with Gasteiger partial charge in [-0.2, -0.15) is 0 Å². The zero-order chi connectivity index (χ0) is 4.95. The normalized spacial score (nSPS) is 19.0. The van der Waals surface area contributed by atoms with E-state index in [9.17, 15) is 0 Å². The van der Waals surface area contributed by atoms with Gasteiger partial charge in [-0.3, -0.25) is 0 Å². The van der Waals surface area contributed by atoms with Gasteiger partial charge in [0, 0.05) is 22.4 Å².